The SMILES string of the molecule is Cc1ccc(C(=O)N2CCOC[C@@H]2c2[nH]ncc2S(C)(=O)=O)s1. The second-order valence-corrected chi connectivity index (χ2v) is 8.69. The Labute approximate surface area is 138 Å². The third kappa shape index (κ3) is 3.17. The third-order valence-electron chi connectivity index (χ3n) is 3.71. The molecule has 0 spiro atoms. The number of carbonyl (C=O) groups excluding carboxylic acids is 1. The van der Waals surface area contributed by atoms with Crippen LogP contribution in [-0.4, -0.2) is 55.4 Å². The predicted octanol–water partition coefficient (Wildman–Crippen LogP) is 1.40. The van der Waals surface area contributed by atoms with Gasteiger partial charge in [0, 0.05) is 17.7 Å². The monoisotopic (exact) mass is 355 g/mol. The van der Waals surface area contributed by atoms with E-state index in [-0.39, 0.29) is 17.4 Å². The molecule has 2 aromatic heterocycles. The van der Waals surface area contributed by atoms with Crippen LogP contribution in [0.25, 0.3) is 0 Å². The van der Waals surface area contributed by atoms with E-state index in [9.17, 15) is 13.2 Å². The number of sulfone groups is 1. The van der Waals surface area contributed by atoms with E-state index >= 15 is 0 Å². The molecule has 0 saturated carbocycles. The number of hydrogen-bond donors (Lipinski definition) is 1. The minimum Gasteiger partial charge on any atom is -0.377 e. The summed E-state index contributed by atoms with van der Waals surface area (Å²) in [5.41, 5.74) is 0.397. The van der Waals surface area contributed by atoms with E-state index in [0.717, 1.165) is 11.1 Å². The van der Waals surface area contributed by atoms with Crippen LogP contribution in [-0.2, 0) is 14.6 Å². The fourth-order valence-electron chi connectivity index (χ4n) is 2.60. The van der Waals surface area contributed by atoms with E-state index in [1.54, 1.807) is 11.0 Å². The van der Waals surface area contributed by atoms with Crippen molar-refractivity contribution in [2.45, 2.75) is 17.9 Å². The van der Waals surface area contributed by atoms with Crippen molar-refractivity contribution in [1.29, 1.82) is 0 Å². The molecule has 124 valence electrons. The molecule has 3 rings (SSSR count). The first kappa shape index (κ1) is 16.2. The van der Waals surface area contributed by atoms with Gasteiger partial charge in [-0.25, -0.2) is 8.42 Å². The highest BCUT2D eigenvalue weighted by Crippen LogP contribution is 2.30. The molecule has 1 N–H and O–H groups in total. The molecule has 7 nitrogen and oxygen atoms in total. The largest absolute Gasteiger partial charge is 0.377 e. The zero-order valence-electron chi connectivity index (χ0n) is 12.8. The van der Waals surface area contributed by atoms with E-state index in [1.165, 1.54) is 17.5 Å². The van der Waals surface area contributed by atoms with Crippen LogP contribution in [0.3, 0.4) is 0 Å². The molecular weight excluding hydrogens is 338 g/mol. The van der Waals surface area contributed by atoms with Crippen molar-refractivity contribution in [1.82, 2.24) is 15.1 Å². The first-order valence-electron chi connectivity index (χ1n) is 7.06. The number of nitrogens with zero attached hydrogens (tertiary/aromatic N) is 2. The van der Waals surface area contributed by atoms with Crippen LogP contribution in [0.5, 0.6) is 0 Å². The molecule has 1 amide bonds. The summed E-state index contributed by atoms with van der Waals surface area (Å²) < 4.78 is 29.3. The summed E-state index contributed by atoms with van der Waals surface area (Å²) in [6, 6.07) is 3.19. The maximum Gasteiger partial charge on any atom is 0.264 e. The summed E-state index contributed by atoms with van der Waals surface area (Å²) in [7, 11) is -3.43. The van der Waals surface area contributed by atoms with Gasteiger partial charge in [-0.3, -0.25) is 9.89 Å². The molecule has 2 aromatic rings. The van der Waals surface area contributed by atoms with E-state index in [0.29, 0.717) is 23.7 Å². The lowest BCUT2D eigenvalue weighted by molar-refractivity contribution is -0.00442. The summed E-state index contributed by atoms with van der Waals surface area (Å²) in [4.78, 5) is 16.2. The molecule has 1 aliphatic rings. The van der Waals surface area contributed by atoms with Crippen LogP contribution >= 0.6 is 11.3 Å². The van der Waals surface area contributed by atoms with Gasteiger partial charge in [-0.15, -0.1) is 11.3 Å². The summed E-state index contributed by atoms with van der Waals surface area (Å²) in [5.74, 6) is -0.120. The van der Waals surface area contributed by atoms with Gasteiger partial charge in [0.1, 0.15) is 4.90 Å². The number of morpholine rings is 1. The number of aryl methyl sites for hydroxylation is 1. The Morgan fingerprint density at radius 1 is 1.48 bits per heavy atom. The molecule has 23 heavy (non-hydrogen) atoms. The highest BCUT2D eigenvalue weighted by molar-refractivity contribution is 7.90. The van der Waals surface area contributed by atoms with Gasteiger partial charge in [0.2, 0.25) is 0 Å². The number of H-pyrrole nitrogens is 1. The molecule has 1 saturated heterocycles. The molecule has 0 bridgehead atoms. The molecular formula is C14H17N3O4S2. The average Bonchev–Trinajstić information content (AvgIpc) is 3.14. The van der Waals surface area contributed by atoms with Gasteiger partial charge in [-0.2, -0.15) is 5.10 Å². The fraction of sp³-hybridized carbons (Fsp3) is 0.429. The van der Waals surface area contributed by atoms with E-state index in [2.05, 4.69) is 10.2 Å². The number of rotatable bonds is 3. The van der Waals surface area contributed by atoms with Crippen LogP contribution in [0.1, 0.15) is 26.3 Å². The summed E-state index contributed by atoms with van der Waals surface area (Å²) >= 11 is 1.42. The zero-order chi connectivity index (χ0) is 16.6. The minimum atomic E-state index is -3.43. The highest BCUT2D eigenvalue weighted by atomic mass is 32.2. The number of nitrogens with one attached hydrogen (secondary N) is 1. The van der Waals surface area contributed by atoms with Gasteiger partial charge in [-0.1, -0.05) is 0 Å². The lowest BCUT2D eigenvalue weighted by Crippen LogP contribution is -2.43. The molecule has 0 aromatic carbocycles. The average molecular weight is 355 g/mol. The first-order valence-corrected chi connectivity index (χ1v) is 9.77. The van der Waals surface area contributed by atoms with Crippen molar-refractivity contribution in [3.05, 3.63) is 33.8 Å². The molecule has 1 fully saturated rings. The van der Waals surface area contributed by atoms with Gasteiger partial charge in [0.05, 0.1) is 36.0 Å². The van der Waals surface area contributed by atoms with Crippen LogP contribution in [0.4, 0.5) is 0 Å². The van der Waals surface area contributed by atoms with Crippen LogP contribution < -0.4 is 0 Å². The van der Waals surface area contributed by atoms with E-state index < -0.39 is 15.9 Å². The maximum atomic E-state index is 12.8. The first-order chi connectivity index (χ1) is 10.9. The van der Waals surface area contributed by atoms with Gasteiger partial charge < -0.3 is 9.64 Å². The minimum absolute atomic E-state index is 0.105. The van der Waals surface area contributed by atoms with Crippen molar-refractivity contribution in [3.63, 3.8) is 0 Å². The van der Waals surface area contributed by atoms with Crippen molar-refractivity contribution in [2.75, 3.05) is 26.0 Å². The molecule has 1 aliphatic heterocycles. The lowest BCUT2D eigenvalue weighted by atomic mass is 10.1. The summed E-state index contributed by atoms with van der Waals surface area (Å²) in [6.07, 6.45) is 2.40. The van der Waals surface area contributed by atoms with Crippen LogP contribution in [0.2, 0.25) is 0 Å². The smallest absolute Gasteiger partial charge is 0.264 e. The Kier molecular flexibility index (Phi) is 4.26. The summed E-state index contributed by atoms with van der Waals surface area (Å²) in [6.45, 7) is 3.01. The normalized spacial score (nSPS) is 19.0. The second-order valence-electron chi connectivity index (χ2n) is 5.42. The van der Waals surface area contributed by atoms with Crippen LogP contribution in [0, 0.1) is 6.92 Å². The molecule has 0 unspecified atom stereocenters. The fourth-order valence-corrected chi connectivity index (χ4v) is 4.25. The summed E-state index contributed by atoms with van der Waals surface area (Å²) in [5, 5.41) is 6.56. The molecule has 9 heteroatoms. The number of carbonyl (C=O) groups is 1. The lowest BCUT2D eigenvalue weighted by Gasteiger charge is -2.35. The molecule has 3 heterocycles. The van der Waals surface area contributed by atoms with Crippen LogP contribution in [0.15, 0.2) is 23.2 Å². The second kappa shape index (κ2) is 6.06. The number of aromatic nitrogens is 2. The number of ether oxygens (including phenoxy) is 1. The van der Waals surface area contributed by atoms with E-state index in [4.69, 9.17) is 4.74 Å². The Hall–Kier alpha value is -1.71. The number of aromatic amines is 1. The Morgan fingerprint density at radius 2 is 2.26 bits per heavy atom. The Bertz CT molecular complexity index is 825. The number of amides is 1. The van der Waals surface area contributed by atoms with Crippen molar-refractivity contribution < 1.29 is 17.9 Å². The Morgan fingerprint density at radius 3 is 2.91 bits per heavy atom. The topological polar surface area (TPSA) is 92.4 Å². The van der Waals surface area contributed by atoms with Gasteiger partial charge in [-0.05, 0) is 19.1 Å². The van der Waals surface area contributed by atoms with Gasteiger partial charge >= 0.3 is 0 Å². The van der Waals surface area contributed by atoms with Gasteiger partial charge in [0.25, 0.3) is 5.91 Å². The molecule has 1 atom stereocenters. The van der Waals surface area contributed by atoms with Crippen molar-refractivity contribution in [3.8, 4) is 0 Å². The molecule has 0 radical (unpaired) electrons. The number of hydrogen-bond acceptors (Lipinski definition) is 6. The van der Waals surface area contributed by atoms with Gasteiger partial charge in [0.15, 0.2) is 9.84 Å². The predicted molar refractivity (Wildman–Crippen MR) is 85.4 cm³/mol. The quantitative estimate of drug-likeness (QED) is 0.898. The number of thiophene rings is 1. The Balaban J connectivity index is 1.97. The third-order valence-corrected chi connectivity index (χ3v) is 5.82. The van der Waals surface area contributed by atoms with E-state index in [1.807, 2.05) is 13.0 Å². The zero-order valence-corrected chi connectivity index (χ0v) is 14.4. The molecule has 0 aliphatic carbocycles. The van der Waals surface area contributed by atoms with Crippen molar-refractivity contribution >= 4 is 27.1 Å². The standard InChI is InChI=1S/C14H17N3O4S2/c1-9-3-4-11(22-9)14(18)17-5-6-21-8-10(17)13-12(7-15-16-13)23(2,19)20/h3-4,7,10H,5-6,8H2,1-2H3,(H,15,16)/t10-/m1/s1. The maximum absolute atomic E-state index is 12.8. The van der Waals surface area contributed by atoms with Crippen molar-refractivity contribution in [2.24, 2.45) is 0 Å². The highest BCUT2D eigenvalue weighted by Gasteiger charge is 2.34.